The van der Waals surface area contributed by atoms with Crippen LogP contribution in [0.1, 0.15) is 18.9 Å². The smallest absolute Gasteiger partial charge is 0.209 e. The predicted molar refractivity (Wildman–Crippen MR) is 77.4 cm³/mol. The molecule has 0 unspecified atom stereocenters. The molecule has 0 N–H and O–H groups in total. The molecule has 0 spiro atoms. The zero-order valence-electron chi connectivity index (χ0n) is 9.80. The molecule has 92 valence electrons. The fourth-order valence-corrected chi connectivity index (χ4v) is 2.64. The normalized spacial score (nSPS) is 18.1. The maximum absolute atomic E-state index is 5.89. The second-order valence-corrected chi connectivity index (χ2v) is 5.08. The molecule has 2 heterocycles. The summed E-state index contributed by atoms with van der Waals surface area (Å²) in [7, 11) is 0. The van der Waals surface area contributed by atoms with Crippen LogP contribution in [0, 0.1) is 0 Å². The van der Waals surface area contributed by atoms with Gasteiger partial charge in [-0.05, 0) is 17.7 Å². The molecule has 1 aromatic rings. The first-order valence-electron chi connectivity index (χ1n) is 5.70. The average Bonchev–Trinajstić information content (AvgIpc) is 2.81. The monoisotopic (exact) mass is 278 g/mol. The topological polar surface area (TPSA) is 40.3 Å². The molecule has 0 atom stereocenters. The summed E-state index contributed by atoms with van der Waals surface area (Å²) in [6, 6.07) is 7.67. The van der Waals surface area contributed by atoms with Crippen molar-refractivity contribution in [2.24, 2.45) is 14.5 Å². The predicted octanol–water partition coefficient (Wildman–Crippen LogP) is 3.19. The van der Waals surface area contributed by atoms with Crippen LogP contribution < -0.4 is 0 Å². The molecule has 0 amide bonds. The van der Waals surface area contributed by atoms with E-state index in [9.17, 15) is 0 Å². The van der Waals surface area contributed by atoms with E-state index in [2.05, 4.69) is 21.4 Å². The number of rotatable bonds is 2. The fraction of sp³-hybridized carbons (Fsp3) is 0.250. The van der Waals surface area contributed by atoms with Gasteiger partial charge < -0.3 is 0 Å². The SMILES string of the molecule is CCC1=NSC2=NCC(c3ccc(Cl)cc3)=NN12. The highest BCUT2D eigenvalue weighted by Gasteiger charge is 2.27. The van der Waals surface area contributed by atoms with Crippen molar-refractivity contribution in [1.29, 1.82) is 0 Å². The van der Waals surface area contributed by atoms with E-state index in [-0.39, 0.29) is 0 Å². The summed E-state index contributed by atoms with van der Waals surface area (Å²) in [5.74, 6) is 0.949. The van der Waals surface area contributed by atoms with Crippen LogP contribution in [0.2, 0.25) is 5.02 Å². The zero-order chi connectivity index (χ0) is 12.5. The van der Waals surface area contributed by atoms with Gasteiger partial charge >= 0.3 is 0 Å². The van der Waals surface area contributed by atoms with Gasteiger partial charge in [-0.25, -0.2) is 0 Å². The third-order valence-corrected chi connectivity index (χ3v) is 3.76. The summed E-state index contributed by atoms with van der Waals surface area (Å²) in [6.45, 7) is 2.65. The number of hydrogen-bond acceptors (Lipinski definition) is 5. The van der Waals surface area contributed by atoms with Crippen molar-refractivity contribution in [3.05, 3.63) is 34.9 Å². The molecule has 0 saturated carbocycles. The Kier molecular flexibility index (Phi) is 3.09. The van der Waals surface area contributed by atoms with Crippen molar-refractivity contribution in [3.8, 4) is 0 Å². The lowest BCUT2D eigenvalue weighted by molar-refractivity contribution is 0.650. The van der Waals surface area contributed by atoms with E-state index in [0.717, 1.165) is 33.7 Å². The molecule has 2 aliphatic rings. The molecule has 0 saturated heterocycles. The van der Waals surface area contributed by atoms with E-state index in [1.807, 2.05) is 29.3 Å². The number of fused-ring (bicyclic) bond motifs is 1. The molecule has 0 aliphatic carbocycles. The molecule has 0 bridgehead atoms. The van der Waals surface area contributed by atoms with Crippen LogP contribution in [0.3, 0.4) is 0 Å². The quantitative estimate of drug-likeness (QED) is 0.780. The number of halogens is 1. The largest absolute Gasteiger partial charge is 0.253 e. The summed E-state index contributed by atoms with van der Waals surface area (Å²) in [5, 5.41) is 8.05. The van der Waals surface area contributed by atoms with Crippen molar-refractivity contribution in [3.63, 3.8) is 0 Å². The third kappa shape index (κ3) is 2.04. The van der Waals surface area contributed by atoms with Crippen molar-refractivity contribution >= 4 is 40.3 Å². The van der Waals surface area contributed by atoms with Gasteiger partial charge in [0.15, 0.2) is 0 Å². The lowest BCUT2D eigenvalue weighted by Gasteiger charge is -2.19. The molecule has 3 rings (SSSR count). The lowest BCUT2D eigenvalue weighted by atomic mass is 10.1. The number of hydrogen-bond donors (Lipinski definition) is 0. The second-order valence-electron chi connectivity index (χ2n) is 3.92. The molecule has 4 nitrogen and oxygen atoms in total. The molecule has 6 heteroatoms. The van der Waals surface area contributed by atoms with E-state index < -0.39 is 0 Å². The first-order chi connectivity index (χ1) is 8.78. The molecular formula is C12H11ClN4S. The number of hydrazone groups is 1. The van der Waals surface area contributed by atoms with Crippen LogP contribution in [-0.2, 0) is 0 Å². The molecule has 0 fully saturated rings. The molecular weight excluding hydrogens is 268 g/mol. The van der Waals surface area contributed by atoms with E-state index in [1.165, 1.54) is 11.9 Å². The van der Waals surface area contributed by atoms with Crippen LogP contribution in [0.15, 0.2) is 38.8 Å². The van der Waals surface area contributed by atoms with E-state index in [0.29, 0.717) is 6.54 Å². The van der Waals surface area contributed by atoms with E-state index in [4.69, 9.17) is 11.6 Å². The highest BCUT2D eigenvalue weighted by atomic mass is 35.5. The van der Waals surface area contributed by atoms with Crippen LogP contribution in [-0.4, -0.2) is 28.3 Å². The Morgan fingerprint density at radius 1 is 1.33 bits per heavy atom. The van der Waals surface area contributed by atoms with E-state index in [1.54, 1.807) is 0 Å². The third-order valence-electron chi connectivity index (χ3n) is 2.74. The van der Waals surface area contributed by atoms with Gasteiger partial charge in [-0.3, -0.25) is 4.99 Å². The van der Waals surface area contributed by atoms with Crippen LogP contribution in [0.25, 0.3) is 0 Å². The van der Waals surface area contributed by atoms with Gasteiger partial charge in [0.05, 0.1) is 24.2 Å². The standard InChI is InChI=1S/C12H11ClN4S/c1-2-11-16-18-12-14-7-10(15-17(11)12)8-3-5-9(13)6-4-8/h3-6H,2,7H2,1H3. The number of aliphatic imine (C=N–C) groups is 1. The van der Waals surface area contributed by atoms with Crippen LogP contribution in [0.5, 0.6) is 0 Å². The summed E-state index contributed by atoms with van der Waals surface area (Å²) < 4.78 is 4.34. The zero-order valence-corrected chi connectivity index (χ0v) is 11.4. The maximum atomic E-state index is 5.89. The first-order valence-corrected chi connectivity index (χ1v) is 6.85. The number of nitrogens with zero attached hydrogens (tertiary/aromatic N) is 4. The van der Waals surface area contributed by atoms with Crippen molar-refractivity contribution in [2.45, 2.75) is 13.3 Å². The molecule has 2 aliphatic heterocycles. The highest BCUT2D eigenvalue weighted by molar-refractivity contribution is 8.13. The first kappa shape index (κ1) is 11.7. The van der Waals surface area contributed by atoms with Gasteiger partial charge in [-0.15, -0.1) is 0 Å². The molecule has 0 radical (unpaired) electrons. The van der Waals surface area contributed by atoms with Gasteiger partial charge in [-0.2, -0.15) is 14.5 Å². The van der Waals surface area contributed by atoms with Gasteiger partial charge in [0, 0.05) is 11.4 Å². The Bertz CT molecular complexity index is 562. The Morgan fingerprint density at radius 3 is 2.83 bits per heavy atom. The minimum absolute atomic E-state index is 0.590. The van der Waals surface area contributed by atoms with Crippen LogP contribution >= 0.6 is 23.5 Å². The molecule has 0 aromatic heterocycles. The van der Waals surface area contributed by atoms with Gasteiger partial charge in [-0.1, -0.05) is 30.7 Å². The molecule has 1 aromatic carbocycles. The Morgan fingerprint density at radius 2 is 2.11 bits per heavy atom. The highest BCUT2D eigenvalue weighted by Crippen LogP contribution is 2.25. The van der Waals surface area contributed by atoms with Crippen molar-refractivity contribution in [1.82, 2.24) is 5.01 Å². The summed E-state index contributed by atoms with van der Waals surface area (Å²) in [4.78, 5) is 4.50. The van der Waals surface area contributed by atoms with E-state index >= 15 is 0 Å². The maximum Gasteiger partial charge on any atom is 0.209 e. The van der Waals surface area contributed by atoms with Gasteiger partial charge in [0.1, 0.15) is 5.84 Å². The van der Waals surface area contributed by atoms with Crippen molar-refractivity contribution < 1.29 is 0 Å². The van der Waals surface area contributed by atoms with Gasteiger partial charge in [0.25, 0.3) is 0 Å². The van der Waals surface area contributed by atoms with Crippen molar-refractivity contribution in [2.75, 3.05) is 6.54 Å². The lowest BCUT2D eigenvalue weighted by Crippen LogP contribution is -2.31. The van der Waals surface area contributed by atoms with Gasteiger partial charge in [0.2, 0.25) is 5.17 Å². The summed E-state index contributed by atoms with van der Waals surface area (Å²) in [6.07, 6.45) is 0.851. The number of benzene rings is 1. The molecule has 18 heavy (non-hydrogen) atoms. The average molecular weight is 279 g/mol. The Hall–Kier alpha value is -1.33. The Balaban J connectivity index is 1.91. The minimum atomic E-state index is 0.590. The number of amidine groups is 2. The minimum Gasteiger partial charge on any atom is -0.253 e. The second kappa shape index (κ2) is 4.74. The summed E-state index contributed by atoms with van der Waals surface area (Å²) >= 11 is 7.28. The fourth-order valence-electron chi connectivity index (χ4n) is 1.78. The summed E-state index contributed by atoms with van der Waals surface area (Å²) in [5.41, 5.74) is 1.99. The Labute approximate surface area is 115 Å². The van der Waals surface area contributed by atoms with Crippen LogP contribution in [0.4, 0.5) is 0 Å².